The van der Waals surface area contributed by atoms with E-state index in [4.69, 9.17) is 10.2 Å². The summed E-state index contributed by atoms with van der Waals surface area (Å²) < 4.78 is 4.67. The van der Waals surface area contributed by atoms with Gasteiger partial charge in [0.25, 0.3) is 0 Å². The molecule has 0 saturated carbocycles. The molecule has 78 valence electrons. The highest BCUT2D eigenvalue weighted by molar-refractivity contribution is 4.90. The molecule has 0 fully saturated rings. The van der Waals surface area contributed by atoms with Crippen molar-refractivity contribution in [3.63, 3.8) is 0 Å². The molecule has 0 saturated heterocycles. The van der Waals surface area contributed by atoms with Gasteiger partial charge in [0.15, 0.2) is 0 Å². The molecular weight excluding hydrogens is 176 g/mol. The fraction of sp³-hybridized carbons (Fsp3) is 0.750. The molecule has 0 aromatic carbocycles. The van der Waals surface area contributed by atoms with Gasteiger partial charge in [0, 0.05) is 7.11 Å². The lowest BCUT2D eigenvalue weighted by molar-refractivity contribution is -0.116. The lowest BCUT2D eigenvalue weighted by Gasteiger charge is -2.25. The van der Waals surface area contributed by atoms with Crippen molar-refractivity contribution in [1.29, 1.82) is 0 Å². The quantitative estimate of drug-likeness (QED) is 0.375. The number of methoxy groups -OCH3 is 1. The van der Waals surface area contributed by atoms with Gasteiger partial charge in [-0.2, -0.15) is 0 Å². The van der Waals surface area contributed by atoms with Crippen molar-refractivity contribution in [1.82, 2.24) is 0 Å². The predicted molar refractivity (Wildman–Crippen MR) is 46.1 cm³/mol. The van der Waals surface area contributed by atoms with Gasteiger partial charge in [0.1, 0.15) is 24.4 Å². The highest BCUT2D eigenvalue weighted by Crippen LogP contribution is 2.07. The zero-order chi connectivity index (χ0) is 10.4. The Hall–Kier alpha value is -0.460. The number of aliphatic hydroxyl groups is 4. The van der Waals surface area contributed by atoms with E-state index in [2.05, 4.69) is 11.3 Å². The summed E-state index contributed by atoms with van der Waals surface area (Å²) >= 11 is 0. The van der Waals surface area contributed by atoms with Gasteiger partial charge in [-0.1, -0.05) is 6.08 Å². The third kappa shape index (κ3) is 3.41. The minimum Gasteiger partial charge on any atom is -0.394 e. The summed E-state index contributed by atoms with van der Waals surface area (Å²) in [5, 5.41) is 36.4. The molecule has 0 aliphatic rings. The molecule has 0 radical (unpaired) electrons. The average Bonchev–Trinajstić information content (AvgIpc) is 2.17. The number of hydrogen-bond donors (Lipinski definition) is 4. The maximum absolute atomic E-state index is 9.34. The van der Waals surface area contributed by atoms with Crippen LogP contribution in [0.1, 0.15) is 0 Å². The smallest absolute Gasteiger partial charge is 0.112 e. The van der Waals surface area contributed by atoms with Crippen LogP contribution in [0, 0.1) is 0 Å². The SMILES string of the molecule is C=C[C@@H](O)C(O)C(O)C(CO)OC. The summed E-state index contributed by atoms with van der Waals surface area (Å²) in [6, 6.07) is 0. The summed E-state index contributed by atoms with van der Waals surface area (Å²) in [5.41, 5.74) is 0. The van der Waals surface area contributed by atoms with Crippen molar-refractivity contribution in [2.75, 3.05) is 13.7 Å². The van der Waals surface area contributed by atoms with E-state index < -0.39 is 31.0 Å². The lowest BCUT2D eigenvalue weighted by Crippen LogP contribution is -2.45. The van der Waals surface area contributed by atoms with Crippen LogP contribution in [0.2, 0.25) is 0 Å². The lowest BCUT2D eigenvalue weighted by atomic mass is 10.0. The second-order valence-corrected chi connectivity index (χ2v) is 2.66. The van der Waals surface area contributed by atoms with E-state index in [1.54, 1.807) is 0 Å². The summed E-state index contributed by atoms with van der Waals surface area (Å²) in [7, 11) is 1.29. The van der Waals surface area contributed by atoms with Crippen molar-refractivity contribution in [3.8, 4) is 0 Å². The molecule has 0 aliphatic heterocycles. The van der Waals surface area contributed by atoms with Crippen LogP contribution in [0.4, 0.5) is 0 Å². The fourth-order valence-corrected chi connectivity index (χ4v) is 0.883. The molecule has 5 heteroatoms. The third-order valence-electron chi connectivity index (χ3n) is 1.80. The molecule has 5 nitrogen and oxygen atoms in total. The van der Waals surface area contributed by atoms with Crippen molar-refractivity contribution in [2.45, 2.75) is 24.4 Å². The molecule has 0 aromatic rings. The van der Waals surface area contributed by atoms with Gasteiger partial charge < -0.3 is 25.2 Å². The van der Waals surface area contributed by atoms with Gasteiger partial charge in [-0.25, -0.2) is 0 Å². The number of hydrogen-bond acceptors (Lipinski definition) is 5. The van der Waals surface area contributed by atoms with Crippen LogP contribution in [0.15, 0.2) is 12.7 Å². The molecule has 0 bridgehead atoms. The van der Waals surface area contributed by atoms with Crippen molar-refractivity contribution in [2.24, 2.45) is 0 Å². The standard InChI is InChI=1S/C8H16O5/c1-3-5(10)7(11)8(12)6(4-9)13-2/h3,5-12H,1,4H2,2H3/t5-,6?,7?,8?/m1/s1. The van der Waals surface area contributed by atoms with E-state index in [0.29, 0.717) is 0 Å². The van der Waals surface area contributed by atoms with E-state index in [1.807, 2.05) is 0 Å². The molecule has 0 spiro atoms. The summed E-state index contributed by atoms with van der Waals surface area (Å²) in [4.78, 5) is 0. The van der Waals surface area contributed by atoms with Crippen LogP contribution in [0.5, 0.6) is 0 Å². The summed E-state index contributed by atoms with van der Waals surface area (Å²) in [6.45, 7) is 2.82. The van der Waals surface area contributed by atoms with Crippen LogP contribution in [-0.2, 0) is 4.74 Å². The molecule has 0 heterocycles. The van der Waals surface area contributed by atoms with E-state index >= 15 is 0 Å². The topological polar surface area (TPSA) is 90.2 Å². The number of ether oxygens (including phenoxy) is 1. The average molecular weight is 192 g/mol. The van der Waals surface area contributed by atoms with Gasteiger partial charge in [0.2, 0.25) is 0 Å². The Bertz CT molecular complexity index is 145. The first-order chi connectivity index (χ1) is 6.08. The Morgan fingerprint density at radius 2 is 1.85 bits per heavy atom. The van der Waals surface area contributed by atoms with Crippen molar-refractivity contribution in [3.05, 3.63) is 12.7 Å². The van der Waals surface area contributed by atoms with Crippen LogP contribution in [0.25, 0.3) is 0 Å². The van der Waals surface area contributed by atoms with E-state index in [-0.39, 0.29) is 0 Å². The Balaban J connectivity index is 4.20. The van der Waals surface area contributed by atoms with Crippen molar-refractivity contribution < 1.29 is 25.2 Å². The highest BCUT2D eigenvalue weighted by atomic mass is 16.5. The van der Waals surface area contributed by atoms with Gasteiger partial charge in [0.05, 0.1) is 6.61 Å². The molecular formula is C8H16O5. The molecule has 4 N–H and O–H groups in total. The molecule has 0 aromatic heterocycles. The zero-order valence-electron chi connectivity index (χ0n) is 7.50. The normalized spacial score (nSPS) is 20.4. The summed E-state index contributed by atoms with van der Waals surface area (Å²) in [6.07, 6.45) is -3.81. The van der Waals surface area contributed by atoms with Gasteiger partial charge >= 0.3 is 0 Å². The molecule has 4 atom stereocenters. The van der Waals surface area contributed by atoms with Gasteiger partial charge in [-0.15, -0.1) is 6.58 Å². The fourth-order valence-electron chi connectivity index (χ4n) is 0.883. The summed E-state index contributed by atoms with van der Waals surface area (Å²) in [5.74, 6) is 0. The van der Waals surface area contributed by atoms with Crippen LogP contribution in [0.3, 0.4) is 0 Å². The monoisotopic (exact) mass is 192 g/mol. The number of aliphatic hydroxyl groups excluding tert-OH is 4. The van der Waals surface area contributed by atoms with Gasteiger partial charge in [-0.3, -0.25) is 0 Å². The highest BCUT2D eigenvalue weighted by Gasteiger charge is 2.29. The van der Waals surface area contributed by atoms with E-state index in [1.165, 1.54) is 7.11 Å². The molecule has 0 amide bonds. The minimum atomic E-state index is -1.41. The predicted octanol–water partition coefficient (Wildman–Crippen LogP) is -1.74. The van der Waals surface area contributed by atoms with Gasteiger partial charge in [-0.05, 0) is 0 Å². The minimum absolute atomic E-state index is 0.432. The first-order valence-electron chi connectivity index (χ1n) is 3.88. The third-order valence-corrected chi connectivity index (χ3v) is 1.80. The maximum Gasteiger partial charge on any atom is 0.112 e. The first kappa shape index (κ1) is 12.5. The Labute approximate surface area is 76.9 Å². The Morgan fingerprint density at radius 1 is 1.31 bits per heavy atom. The van der Waals surface area contributed by atoms with E-state index in [9.17, 15) is 10.2 Å². The molecule has 3 unspecified atom stereocenters. The maximum atomic E-state index is 9.34. The zero-order valence-corrected chi connectivity index (χ0v) is 7.50. The largest absolute Gasteiger partial charge is 0.394 e. The Morgan fingerprint density at radius 3 is 2.15 bits per heavy atom. The van der Waals surface area contributed by atoms with Crippen LogP contribution >= 0.6 is 0 Å². The molecule has 0 rings (SSSR count). The first-order valence-corrected chi connectivity index (χ1v) is 3.88. The van der Waals surface area contributed by atoms with Crippen LogP contribution in [-0.4, -0.2) is 58.6 Å². The molecule has 13 heavy (non-hydrogen) atoms. The number of rotatable bonds is 6. The second-order valence-electron chi connectivity index (χ2n) is 2.66. The molecule has 0 aliphatic carbocycles. The second kappa shape index (κ2) is 6.06. The van der Waals surface area contributed by atoms with Crippen molar-refractivity contribution >= 4 is 0 Å². The Kier molecular flexibility index (Phi) is 5.85. The van der Waals surface area contributed by atoms with E-state index in [0.717, 1.165) is 6.08 Å². The van der Waals surface area contributed by atoms with Crippen LogP contribution < -0.4 is 0 Å².